The average molecular weight is 311 g/mol. The number of piperazine rings is 1. The molecular weight excluding hydrogens is 290 g/mol. The predicted octanol–water partition coefficient (Wildman–Crippen LogP) is 0.341. The molecule has 1 fully saturated rings. The number of fused-ring (bicyclic) bond motifs is 3. The molecule has 2 aliphatic rings. The second-order valence-electron chi connectivity index (χ2n) is 6.57. The minimum Gasteiger partial charge on any atom is -0.354 e. The molecule has 0 aromatic carbocycles. The van der Waals surface area contributed by atoms with Gasteiger partial charge < -0.3 is 14.7 Å². The van der Waals surface area contributed by atoms with Crippen LogP contribution >= 0.6 is 0 Å². The lowest BCUT2D eigenvalue weighted by molar-refractivity contribution is 0.309. The number of aromatic nitrogens is 3. The fourth-order valence-electron chi connectivity index (χ4n) is 3.68. The van der Waals surface area contributed by atoms with Gasteiger partial charge in [0.1, 0.15) is 18.2 Å². The van der Waals surface area contributed by atoms with E-state index >= 15 is 0 Å². The molecule has 23 heavy (non-hydrogen) atoms. The molecule has 7 heteroatoms. The molecule has 120 valence electrons. The Morgan fingerprint density at radius 3 is 2.57 bits per heavy atom. The minimum atomic E-state index is 0.810. The maximum absolute atomic E-state index is 9.87. The molecule has 2 aromatic rings. The van der Waals surface area contributed by atoms with Gasteiger partial charge in [0.15, 0.2) is 5.65 Å². The Labute approximate surface area is 135 Å². The van der Waals surface area contributed by atoms with Crippen LogP contribution in [-0.2, 0) is 13.0 Å². The summed E-state index contributed by atoms with van der Waals surface area (Å²) in [6.07, 6.45) is 2.65. The number of pyridine rings is 1. The van der Waals surface area contributed by atoms with Crippen LogP contribution in [0.3, 0.4) is 0 Å². The maximum Gasteiger partial charge on any atom is 0.167 e. The fraction of sp³-hybridized carbons (Fsp3) is 0.562. The van der Waals surface area contributed by atoms with E-state index < -0.39 is 0 Å². The first-order valence-corrected chi connectivity index (χ1v) is 8.08. The smallest absolute Gasteiger partial charge is 0.167 e. The van der Waals surface area contributed by atoms with Crippen LogP contribution in [0, 0.1) is 11.3 Å². The molecule has 0 N–H and O–H groups in total. The van der Waals surface area contributed by atoms with Crippen molar-refractivity contribution in [3.63, 3.8) is 0 Å². The third kappa shape index (κ3) is 2.26. The van der Waals surface area contributed by atoms with Crippen molar-refractivity contribution in [3.8, 4) is 6.07 Å². The zero-order valence-corrected chi connectivity index (χ0v) is 13.7. The van der Waals surface area contributed by atoms with Gasteiger partial charge in [-0.3, -0.25) is 4.40 Å². The van der Waals surface area contributed by atoms with Gasteiger partial charge in [0.05, 0.1) is 5.56 Å². The first-order valence-electron chi connectivity index (χ1n) is 8.08. The van der Waals surface area contributed by atoms with Crippen molar-refractivity contribution in [1.29, 1.82) is 5.26 Å². The van der Waals surface area contributed by atoms with Crippen molar-refractivity contribution < 1.29 is 0 Å². The molecule has 0 bridgehead atoms. The van der Waals surface area contributed by atoms with Crippen molar-refractivity contribution in [2.45, 2.75) is 13.0 Å². The summed E-state index contributed by atoms with van der Waals surface area (Å²) in [4.78, 5) is 6.90. The van der Waals surface area contributed by atoms with E-state index in [-0.39, 0.29) is 0 Å². The second-order valence-corrected chi connectivity index (χ2v) is 6.57. The largest absolute Gasteiger partial charge is 0.354 e. The van der Waals surface area contributed by atoms with Crippen LogP contribution in [0.5, 0.6) is 0 Å². The van der Waals surface area contributed by atoms with Gasteiger partial charge in [-0.25, -0.2) is 0 Å². The van der Waals surface area contributed by atoms with Crippen molar-refractivity contribution in [2.75, 3.05) is 51.7 Å². The summed E-state index contributed by atoms with van der Waals surface area (Å²) >= 11 is 0. The lowest BCUT2D eigenvalue weighted by Gasteiger charge is -2.36. The molecule has 0 atom stereocenters. The van der Waals surface area contributed by atoms with Gasteiger partial charge in [0.25, 0.3) is 0 Å². The van der Waals surface area contributed by atoms with Gasteiger partial charge in [-0.1, -0.05) is 0 Å². The number of nitriles is 1. The molecule has 0 unspecified atom stereocenters. The summed E-state index contributed by atoms with van der Waals surface area (Å²) in [5.74, 6) is 0.976. The van der Waals surface area contributed by atoms with Gasteiger partial charge in [0.2, 0.25) is 0 Å². The van der Waals surface area contributed by atoms with Crippen LogP contribution < -0.4 is 4.90 Å². The zero-order chi connectivity index (χ0) is 16.0. The average Bonchev–Trinajstić information content (AvgIpc) is 3.04. The lowest BCUT2D eigenvalue weighted by Crippen LogP contribution is -2.45. The van der Waals surface area contributed by atoms with E-state index in [0.29, 0.717) is 0 Å². The van der Waals surface area contributed by atoms with Crippen molar-refractivity contribution in [2.24, 2.45) is 0 Å². The van der Waals surface area contributed by atoms with Crippen LogP contribution in [0.25, 0.3) is 5.65 Å². The third-order valence-electron chi connectivity index (χ3n) is 5.02. The maximum atomic E-state index is 9.87. The molecule has 0 radical (unpaired) electrons. The van der Waals surface area contributed by atoms with Gasteiger partial charge in [-0.15, -0.1) is 10.2 Å². The zero-order valence-electron chi connectivity index (χ0n) is 13.7. The number of hydrogen-bond acceptors (Lipinski definition) is 6. The normalized spacial score (nSPS) is 19.8. The van der Waals surface area contributed by atoms with Crippen LogP contribution in [0.2, 0.25) is 0 Å². The molecular formula is C16H21N7. The summed E-state index contributed by atoms with van der Waals surface area (Å²) in [6.45, 7) is 5.68. The van der Waals surface area contributed by atoms with Crippen LogP contribution in [0.1, 0.15) is 16.7 Å². The highest BCUT2D eigenvalue weighted by Crippen LogP contribution is 2.32. The highest BCUT2D eigenvalue weighted by atomic mass is 15.3. The van der Waals surface area contributed by atoms with Crippen molar-refractivity contribution >= 4 is 11.5 Å². The highest BCUT2D eigenvalue weighted by molar-refractivity contribution is 5.69. The Morgan fingerprint density at radius 2 is 1.83 bits per heavy atom. The minimum absolute atomic E-state index is 0.810. The Balaban J connectivity index is 1.92. The highest BCUT2D eigenvalue weighted by Gasteiger charge is 2.28. The number of nitrogens with zero attached hydrogens (tertiary/aromatic N) is 7. The summed E-state index contributed by atoms with van der Waals surface area (Å²) in [5.41, 5.74) is 4.04. The number of hydrogen-bond donors (Lipinski definition) is 0. The first-order chi connectivity index (χ1) is 11.2. The molecule has 0 saturated carbocycles. The van der Waals surface area contributed by atoms with E-state index in [4.69, 9.17) is 0 Å². The van der Waals surface area contributed by atoms with Gasteiger partial charge in [0, 0.05) is 44.8 Å². The molecule has 2 aliphatic heterocycles. The van der Waals surface area contributed by atoms with E-state index in [0.717, 1.165) is 68.3 Å². The van der Waals surface area contributed by atoms with E-state index in [1.54, 1.807) is 6.33 Å². The summed E-state index contributed by atoms with van der Waals surface area (Å²) < 4.78 is 2.02. The molecule has 0 amide bonds. The standard InChI is InChI=1S/C16H21N7/c1-20-5-7-22(8-6-20)16-13(9-17)12-3-4-21(2)10-14(12)15-19-18-11-23(15)16/h11H,3-8,10H2,1-2H3. The molecule has 4 heterocycles. The van der Waals surface area contributed by atoms with Crippen molar-refractivity contribution in [3.05, 3.63) is 23.0 Å². The van der Waals surface area contributed by atoms with Crippen molar-refractivity contribution in [1.82, 2.24) is 24.4 Å². The van der Waals surface area contributed by atoms with E-state index in [1.165, 1.54) is 5.56 Å². The number of rotatable bonds is 1. The summed E-state index contributed by atoms with van der Waals surface area (Å²) in [7, 11) is 4.25. The number of likely N-dealkylation sites (N-methyl/N-ethyl adjacent to an activating group) is 2. The molecule has 4 rings (SSSR count). The predicted molar refractivity (Wildman–Crippen MR) is 87.5 cm³/mol. The summed E-state index contributed by atoms with van der Waals surface area (Å²) in [5, 5.41) is 18.3. The Morgan fingerprint density at radius 1 is 1.04 bits per heavy atom. The molecule has 0 aliphatic carbocycles. The SMILES string of the molecule is CN1CCN(c2c(C#N)c3c(c4nncn24)CN(C)CC3)CC1. The topological polar surface area (TPSA) is 63.7 Å². The van der Waals surface area contributed by atoms with Gasteiger partial charge >= 0.3 is 0 Å². The molecule has 7 nitrogen and oxygen atoms in total. The lowest BCUT2D eigenvalue weighted by atomic mass is 9.96. The number of anilines is 1. The second kappa shape index (κ2) is 5.48. The third-order valence-corrected chi connectivity index (χ3v) is 5.02. The quantitative estimate of drug-likeness (QED) is 0.757. The van der Waals surface area contributed by atoms with Crippen LogP contribution in [0.4, 0.5) is 5.82 Å². The fourth-order valence-corrected chi connectivity index (χ4v) is 3.68. The van der Waals surface area contributed by atoms with E-state index in [1.807, 2.05) is 4.40 Å². The van der Waals surface area contributed by atoms with E-state index in [9.17, 15) is 5.26 Å². The summed E-state index contributed by atoms with van der Waals surface area (Å²) in [6, 6.07) is 2.48. The monoisotopic (exact) mass is 311 g/mol. The molecule has 0 spiro atoms. The Bertz CT molecular complexity index is 780. The Kier molecular flexibility index (Phi) is 3.43. The first kappa shape index (κ1) is 14.4. The molecule has 2 aromatic heterocycles. The molecule has 1 saturated heterocycles. The van der Waals surface area contributed by atoms with Gasteiger partial charge in [-0.05, 0) is 26.1 Å². The van der Waals surface area contributed by atoms with E-state index in [2.05, 4.69) is 45.1 Å². The Hall–Kier alpha value is -2.17. The van der Waals surface area contributed by atoms with Crippen LogP contribution in [-0.4, -0.2) is 71.2 Å². The van der Waals surface area contributed by atoms with Gasteiger partial charge in [-0.2, -0.15) is 5.26 Å². The van der Waals surface area contributed by atoms with Crippen LogP contribution in [0.15, 0.2) is 6.33 Å².